The number of hydrogen-bond acceptors (Lipinski definition) is 3. The normalized spacial score (nSPS) is 20.7. The van der Waals surface area contributed by atoms with Gasteiger partial charge in [-0.1, -0.05) is 23.7 Å². The number of carbonyl (C=O) groups is 1. The van der Waals surface area contributed by atoms with Crippen molar-refractivity contribution in [1.82, 2.24) is 4.90 Å². The predicted octanol–water partition coefficient (Wildman–Crippen LogP) is 4.58. The average Bonchev–Trinajstić information content (AvgIpc) is 2.65. The molecular formula is C21H22ClFN2O2. The molecule has 0 bridgehead atoms. The lowest BCUT2D eigenvalue weighted by atomic mass is 9.89. The van der Waals surface area contributed by atoms with E-state index < -0.39 is 6.10 Å². The van der Waals surface area contributed by atoms with Crippen LogP contribution in [0.25, 0.3) is 0 Å². The van der Waals surface area contributed by atoms with Crippen LogP contribution in [0.2, 0.25) is 5.02 Å². The van der Waals surface area contributed by atoms with E-state index >= 15 is 0 Å². The van der Waals surface area contributed by atoms with E-state index in [1.54, 1.807) is 13.0 Å². The van der Waals surface area contributed by atoms with E-state index in [1.807, 2.05) is 12.1 Å². The first kappa shape index (κ1) is 18.3. The average molecular weight is 389 g/mol. The third kappa shape index (κ3) is 3.94. The maximum absolute atomic E-state index is 14.5. The number of rotatable bonds is 3. The summed E-state index contributed by atoms with van der Waals surface area (Å²) in [6.45, 7) is 3.99. The second kappa shape index (κ2) is 7.49. The minimum absolute atomic E-state index is 0.205. The topological polar surface area (TPSA) is 41.6 Å². The number of benzene rings is 2. The second-order valence-corrected chi connectivity index (χ2v) is 7.73. The number of anilines is 1. The SMILES string of the molecule is CC1Oc2cc(F)c(CN3CCC(c4ccc(Cl)cc4)CC3)cc2NC1=O. The number of piperidine rings is 1. The molecule has 2 heterocycles. The first-order valence-electron chi connectivity index (χ1n) is 9.27. The zero-order valence-corrected chi connectivity index (χ0v) is 15.9. The zero-order valence-electron chi connectivity index (χ0n) is 15.2. The summed E-state index contributed by atoms with van der Waals surface area (Å²) in [5.41, 5.74) is 2.44. The predicted molar refractivity (Wildman–Crippen MR) is 104 cm³/mol. The minimum atomic E-state index is -0.602. The number of nitrogens with one attached hydrogen (secondary N) is 1. The van der Waals surface area contributed by atoms with Crippen molar-refractivity contribution in [1.29, 1.82) is 0 Å². The summed E-state index contributed by atoms with van der Waals surface area (Å²) >= 11 is 5.97. The molecule has 0 aliphatic carbocycles. The molecular weight excluding hydrogens is 367 g/mol. The minimum Gasteiger partial charge on any atom is -0.479 e. The number of carbonyl (C=O) groups excluding carboxylic acids is 1. The van der Waals surface area contributed by atoms with E-state index in [-0.39, 0.29) is 11.7 Å². The van der Waals surface area contributed by atoms with E-state index in [0.29, 0.717) is 29.5 Å². The number of halogens is 2. The molecule has 6 heteroatoms. The molecule has 2 aliphatic heterocycles. The Balaban J connectivity index is 1.41. The lowest BCUT2D eigenvalue weighted by Crippen LogP contribution is -2.35. The van der Waals surface area contributed by atoms with Crippen LogP contribution >= 0.6 is 11.6 Å². The highest BCUT2D eigenvalue weighted by Crippen LogP contribution is 2.34. The van der Waals surface area contributed by atoms with Gasteiger partial charge < -0.3 is 10.1 Å². The van der Waals surface area contributed by atoms with Crippen LogP contribution in [0, 0.1) is 5.82 Å². The highest BCUT2D eigenvalue weighted by Gasteiger charge is 2.26. The second-order valence-electron chi connectivity index (χ2n) is 7.29. The smallest absolute Gasteiger partial charge is 0.265 e. The van der Waals surface area contributed by atoms with Gasteiger partial charge in [-0.15, -0.1) is 0 Å². The van der Waals surface area contributed by atoms with Gasteiger partial charge in [0.1, 0.15) is 11.6 Å². The van der Waals surface area contributed by atoms with E-state index in [9.17, 15) is 9.18 Å². The molecule has 4 nitrogen and oxygen atoms in total. The lowest BCUT2D eigenvalue weighted by molar-refractivity contribution is -0.122. The third-order valence-corrected chi connectivity index (χ3v) is 5.65. The molecule has 1 amide bonds. The molecule has 1 atom stereocenters. The molecule has 1 N–H and O–H groups in total. The fourth-order valence-electron chi connectivity index (χ4n) is 3.79. The molecule has 1 saturated heterocycles. The molecule has 1 fully saturated rings. The molecule has 1 unspecified atom stereocenters. The van der Waals surface area contributed by atoms with Crippen molar-refractivity contribution in [3.8, 4) is 5.75 Å². The van der Waals surface area contributed by atoms with Crippen molar-refractivity contribution < 1.29 is 13.9 Å². The Morgan fingerprint density at radius 3 is 2.63 bits per heavy atom. The van der Waals surface area contributed by atoms with E-state index in [0.717, 1.165) is 31.0 Å². The molecule has 0 aromatic heterocycles. The zero-order chi connectivity index (χ0) is 19.0. The van der Waals surface area contributed by atoms with Crippen molar-refractivity contribution in [2.75, 3.05) is 18.4 Å². The molecule has 0 spiro atoms. The molecule has 0 radical (unpaired) electrons. The first-order chi connectivity index (χ1) is 13.0. The van der Waals surface area contributed by atoms with Gasteiger partial charge in [-0.25, -0.2) is 4.39 Å². The quantitative estimate of drug-likeness (QED) is 0.836. The molecule has 4 rings (SSSR count). The Morgan fingerprint density at radius 1 is 1.22 bits per heavy atom. The van der Waals surface area contributed by atoms with Gasteiger partial charge in [-0.3, -0.25) is 9.69 Å². The summed E-state index contributed by atoms with van der Waals surface area (Å²) in [5, 5.41) is 3.54. The number of hydrogen-bond donors (Lipinski definition) is 1. The van der Waals surface area contributed by atoms with Crippen LogP contribution in [-0.2, 0) is 11.3 Å². The number of amides is 1. The summed E-state index contributed by atoms with van der Waals surface area (Å²) in [5.74, 6) is 0.409. The van der Waals surface area contributed by atoms with Gasteiger partial charge in [0.05, 0.1) is 5.69 Å². The summed E-state index contributed by atoms with van der Waals surface area (Å²) in [6.07, 6.45) is 1.46. The van der Waals surface area contributed by atoms with Crippen LogP contribution in [0.4, 0.5) is 10.1 Å². The van der Waals surface area contributed by atoms with Crippen molar-refractivity contribution in [3.05, 3.63) is 58.4 Å². The lowest BCUT2D eigenvalue weighted by Gasteiger charge is -2.32. The Kier molecular flexibility index (Phi) is 5.06. The van der Waals surface area contributed by atoms with Gasteiger partial charge in [0.25, 0.3) is 5.91 Å². The molecule has 27 heavy (non-hydrogen) atoms. The molecule has 2 aromatic rings. The molecule has 142 valence electrons. The van der Waals surface area contributed by atoms with Gasteiger partial charge in [-0.2, -0.15) is 0 Å². The Hall–Kier alpha value is -2.11. The van der Waals surface area contributed by atoms with Crippen molar-refractivity contribution >= 4 is 23.2 Å². The van der Waals surface area contributed by atoms with Gasteiger partial charge in [0, 0.05) is 23.2 Å². The van der Waals surface area contributed by atoms with Gasteiger partial charge in [-0.05, 0) is 62.5 Å². The van der Waals surface area contributed by atoms with Gasteiger partial charge >= 0.3 is 0 Å². The van der Waals surface area contributed by atoms with Crippen molar-refractivity contribution in [2.24, 2.45) is 0 Å². The molecule has 2 aromatic carbocycles. The van der Waals surface area contributed by atoms with E-state index in [1.165, 1.54) is 11.6 Å². The first-order valence-corrected chi connectivity index (χ1v) is 9.65. The summed E-state index contributed by atoms with van der Waals surface area (Å²) < 4.78 is 20.0. The fraction of sp³-hybridized carbons (Fsp3) is 0.381. The molecule has 0 saturated carbocycles. The van der Waals surface area contributed by atoms with Crippen LogP contribution in [0.1, 0.15) is 36.8 Å². The Bertz CT molecular complexity index is 848. The Morgan fingerprint density at radius 2 is 1.93 bits per heavy atom. The van der Waals surface area contributed by atoms with Gasteiger partial charge in [0.15, 0.2) is 6.10 Å². The standard InChI is InChI=1S/C21H22ClFN2O2/c1-13-21(26)24-19-10-16(18(23)11-20(19)27-13)12-25-8-6-15(7-9-25)14-2-4-17(22)5-3-14/h2-5,10-11,13,15H,6-9,12H2,1H3,(H,24,26). The van der Waals surface area contributed by atoms with Crippen LogP contribution < -0.4 is 10.1 Å². The number of fused-ring (bicyclic) bond motifs is 1. The summed E-state index contributed by atoms with van der Waals surface area (Å²) in [6, 6.07) is 11.1. The van der Waals surface area contributed by atoms with Crippen LogP contribution in [0.3, 0.4) is 0 Å². The maximum atomic E-state index is 14.5. The third-order valence-electron chi connectivity index (χ3n) is 5.40. The molecule has 2 aliphatic rings. The van der Waals surface area contributed by atoms with E-state index in [2.05, 4.69) is 22.3 Å². The summed E-state index contributed by atoms with van der Waals surface area (Å²) in [4.78, 5) is 14.0. The number of likely N-dealkylation sites (tertiary alicyclic amines) is 1. The van der Waals surface area contributed by atoms with Gasteiger partial charge in [0.2, 0.25) is 0 Å². The van der Waals surface area contributed by atoms with Crippen LogP contribution in [0.15, 0.2) is 36.4 Å². The van der Waals surface area contributed by atoms with Crippen molar-refractivity contribution in [2.45, 2.75) is 38.3 Å². The number of nitrogens with zero attached hydrogens (tertiary/aromatic N) is 1. The Labute approximate surface area is 163 Å². The maximum Gasteiger partial charge on any atom is 0.265 e. The van der Waals surface area contributed by atoms with Crippen LogP contribution in [-0.4, -0.2) is 30.0 Å². The highest BCUT2D eigenvalue weighted by molar-refractivity contribution is 6.30. The van der Waals surface area contributed by atoms with Crippen LogP contribution in [0.5, 0.6) is 5.75 Å². The fourth-order valence-corrected chi connectivity index (χ4v) is 3.92. The number of ether oxygens (including phenoxy) is 1. The largest absolute Gasteiger partial charge is 0.479 e. The van der Waals surface area contributed by atoms with Crippen molar-refractivity contribution in [3.63, 3.8) is 0 Å². The summed E-state index contributed by atoms with van der Waals surface area (Å²) in [7, 11) is 0. The highest BCUT2D eigenvalue weighted by atomic mass is 35.5. The van der Waals surface area contributed by atoms with E-state index in [4.69, 9.17) is 16.3 Å². The monoisotopic (exact) mass is 388 g/mol.